The van der Waals surface area contributed by atoms with Gasteiger partial charge in [-0.3, -0.25) is 0 Å². The Labute approximate surface area is 322 Å². The first-order chi connectivity index (χ1) is 27.3. The maximum absolute atomic E-state index is 2.43. The SMILES string of the molecule is c1ccc(-c2ccc(-c3cccc4cc5c(-c6ccc(-c7ccccc7)cc6)cc(-n6c(-c7ccccc7)ccc6-c6ccccc6)cc5cc34)cc2)cc1. The van der Waals surface area contributed by atoms with Crippen molar-refractivity contribution >= 4 is 21.5 Å². The molecule has 0 aliphatic heterocycles. The molecule has 0 amide bonds. The minimum Gasteiger partial charge on any atom is -0.309 e. The van der Waals surface area contributed by atoms with Gasteiger partial charge in [0, 0.05) is 5.69 Å². The molecule has 9 aromatic carbocycles. The fourth-order valence-electron chi connectivity index (χ4n) is 8.07. The topological polar surface area (TPSA) is 4.93 Å². The molecule has 0 aliphatic rings. The van der Waals surface area contributed by atoms with E-state index in [0.717, 1.165) is 17.1 Å². The summed E-state index contributed by atoms with van der Waals surface area (Å²) in [6.07, 6.45) is 0. The first-order valence-corrected chi connectivity index (χ1v) is 18.9. The van der Waals surface area contributed by atoms with E-state index < -0.39 is 0 Å². The molecule has 0 saturated carbocycles. The lowest BCUT2D eigenvalue weighted by Gasteiger charge is -2.19. The van der Waals surface area contributed by atoms with E-state index in [1.54, 1.807) is 0 Å². The number of fused-ring (bicyclic) bond motifs is 2. The van der Waals surface area contributed by atoms with E-state index in [1.807, 2.05) is 0 Å². The highest BCUT2D eigenvalue weighted by atomic mass is 15.0. The average Bonchev–Trinajstić information content (AvgIpc) is 3.72. The molecule has 0 radical (unpaired) electrons. The van der Waals surface area contributed by atoms with Crippen LogP contribution in [0.3, 0.4) is 0 Å². The largest absolute Gasteiger partial charge is 0.309 e. The summed E-state index contributed by atoms with van der Waals surface area (Å²) in [7, 11) is 0. The molecular formula is C54H37N. The third kappa shape index (κ3) is 6.12. The Hall–Kier alpha value is -7.22. The Morgan fingerprint density at radius 2 is 0.636 bits per heavy atom. The van der Waals surface area contributed by atoms with Gasteiger partial charge in [0.25, 0.3) is 0 Å². The molecule has 1 heterocycles. The summed E-state index contributed by atoms with van der Waals surface area (Å²) in [5.74, 6) is 0. The highest BCUT2D eigenvalue weighted by Gasteiger charge is 2.18. The second-order valence-corrected chi connectivity index (χ2v) is 14.2. The Morgan fingerprint density at radius 1 is 0.236 bits per heavy atom. The standard InChI is InChI=1S/C54H37N/c1-5-14-38(15-6-1)40-24-28-42(29-25-40)49-23-13-22-46-35-51-47(36-50(46)49)34-48(37-52(51)43-30-26-41(27-31-43)39-16-7-2-8-17-39)55-53(44-18-9-3-10-19-44)32-33-54(55)45-20-11-4-12-21-45/h1-37H. The molecule has 0 atom stereocenters. The Morgan fingerprint density at radius 3 is 1.15 bits per heavy atom. The zero-order valence-corrected chi connectivity index (χ0v) is 30.3. The van der Waals surface area contributed by atoms with Gasteiger partial charge in [0.15, 0.2) is 0 Å². The second kappa shape index (κ2) is 14.0. The molecule has 0 bridgehead atoms. The zero-order chi connectivity index (χ0) is 36.6. The fourth-order valence-corrected chi connectivity index (χ4v) is 8.07. The molecular weight excluding hydrogens is 663 g/mol. The van der Waals surface area contributed by atoms with E-state index in [4.69, 9.17) is 0 Å². The lowest BCUT2D eigenvalue weighted by atomic mass is 9.91. The van der Waals surface area contributed by atoms with Gasteiger partial charge >= 0.3 is 0 Å². The molecule has 0 N–H and O–H groups in total. The molecule has 0 fully saturated rings. The van der Waals surface area contributed by atoms with Crippen LogP contribution in [0, 0.1) is 0 Å². The lowest BCUT2D eigenvalue weighted by molar-refractivity contribution is 1.10. The summed E-state index contributed by atoms with van der Waals surface area (Å²) in [4.78, 5) is 0. The Bertz CT molecular complexity index is 2850. The van der Waals surface area contributed by atoms with Crippen molar-refractivity contribution in [3.05, 3.63) is 224 Å². The molecule has 1 heteroatoms. The number of benzene rings is 9. The van der Waals surface area contributed by atoms with Crippen LogP contribution in [-0.2, 0) is 0 Å². The van der Waals surface area contributed by atoms with Crippen molar-refractivity contribution in [2.75, 3.05) is 0 Å². The minimum atomic E-state index is 1.13. The summed E-state index contributed by atoms with van der Waals surface area (Å²) in [5, 5.41) is 4.90. The van der Waals surface area contributed by atoms with Gasteiger partial charge in [0.05, 0.1) is 11.4 Å². The first-order valence-electron chi connectivity index (χ1n) is 18.9. The van der Waals surface area contributed by atoms with Crippen molar-refractivity contribution in [1.29, 1.82) is 0 Å². The maximum Gasteiger partial charge on any atom is 0.0535 e. The van der Waals surface area contributed by atoms with Crippen molar-refractivity contribution in [3.63, 3.8) is 0 Å². The van der Waals surface area contributed by atoms with Gasteiger partial charge in [-0.05, 0) is 114 Å². The van der Waals surface area contributed by atoms with Crippen LogP contribution in [0.1, 0.15) is 0 Å². The van der Waals surface area contributed by atoms with Crippen molar-refractivity contribution in [1.82, 2.24) is 4.57 Å². The smallest absolute Gasteiger partial charge is 0.0535 e. The molecule has 0 spiro atoms. The summed E-state index contributed by atoms with van der Waals surface area (Å²) in [6, 6.07) is 81.5. The van der Waals surface area contributed by atoms with E-state index in [1.165, 1.54) is 77.2 Å². The summed E-state index contributed by atoms with van der Waals surface area (Å²) in [5.41, 5.74) is 15.5. The first kappa shape index (κ1) is 32.4. The molecule has 1 nitrogen and oxygen atoms in total. The van der Waals surface area contributed by atoms with Gasteiger partial charge in [-0.25, -0.2) is 0 Å². The quantitative estimate of drug-likeness (QED) is 0.146. The van der Waals surface area contributed by atoms with Crippen LogP contribution in [0.4, 0.5) is 0 Å². The summed E-state index contributed by atoms with van der Waals surface area (Å²) >= 11 is 0. The van der Waals surface area contributed by atoms with Gasteiger partial charge < -0.3 is 4.57 Å². The van der Waals surface area contributed by atoms with Gasteiger partial charge in [-0.1, -0.05) is 188 Å². The predicted octanol–water partition coefficient (Wildman–Crippen LogP) is 14.8. The zero-order valence-electron chi connectivity index (χ0n) is 30.3. The van der Waals surface area contributed by atoms with Crippen molar-refractivity contribution < 1.29 is 0 Å². The monoisotopic (exact) mass is 699 g/mol. The second-order valence-electron chi connectivity index (χ2n) is 14.2. The summed E-state index contributed by atoms with van der Waals surface area (Å²) < 4.78 is 2.43. The number of hydrogen-bond acceptors (Lipinski definition) is 0. The molecule has 258 valence electrons. The van der Waals surface area contributed by atoms with Crippen LogP contribution in [-0.4, -0.2) is 4.57 Å². The van der Waals surface area contributed by atoms with Crippen LogP contribution in [0.2, 0.25) is 0 Å². The van der Waals surface area contributed by atoms with Crippen molar-refractivity contribution in [2.45, 2.75) is 0 Å². The van der Waals surface area contributed by atoms with Crippen molar-refractivity contribution in [2.24, 2.45) is 0 Å². The molecule has 0 aliphatic carbocycles. The average molecular weight is 700 g/mol. The number of hydrogen-bond donors (Lipinski definition) is 0. The molecule has 10 rings (SSSR count). The van der Waals surface area contributed by atoms with E-state index in [0.29, 0.717) is 0 Å². The van der Waals surface area contributed by atoms with E-state index in [9.17, 15) is 0 Å². The minimum absolute atomic E-state index is 1.13. The van der Waals surface area contributed by atoms with Crippen molar-refractivity contribution in [3.8, 4) is 72.7 Å². The Kier molecular flexibility index (Phi) is 8.24. The highest BCUT2D eigenvalue weighted by Crippen LogP contribution is 2.41. The number of nitrogens with zero attached hydrogens (tertiary/aromatic N) is 1. The van der Waals surface area contributed by atoms with E-state index in [2.05, 4.69) is 229 Å². The van der Waals surface area contributed by atoms with E-state index >= 15 is 0 Å². The molecule has 10 aromatic rings. The van der Waals surface area contributed by atoms with Gasteiger partial charge in [0.1, 0.15) is 0 Å². The van der Waals surface area contributed by atoms with Gasteiger partial charge in [-0.15, -0.1) is 0 Å². The van der Waals surface area contributed by atoms with Crippen LogP contribution < -0.4 is 0 Å². The normalized spacial score (nSPS) is 11.3. The van der Waals surface area contributed by atoms with Crippen LogP contribution in [0.5, 0.6) is 0 Å². The molecule has 0 unspecified atom stereocenters. The Balaban J connectivity index is 1.20. The van der Waals surface area contributed by atoms with Gasteiger partial charge in [-0.2, -0.15) is 0 Å². The van der Waals surface area contributed by atoms with Crippen LogP contribution in [0.25, 0.3) is 94.3 Å². The highest BCUT2D eigenvalue weighted by molar-refractivity contribution is 6.10. The third-order valence-electron chi connectivity index (χ3n) is 10.8. The maximum atomic E-state index is 2.43. The lowest BCUT2D eigenvalue weighted by Crippen LogP contribution is -2.00. The number of rotatable bonds is 7. The fraction of sp³-hybridized carbons (Fsp3) is 0. The number of aromatic nitrogens is 1. The van der Waals surface area contributed by atoms with E-state index in [-0.39, 0.29) is 0 Å². The molecule has 0 saturated heterocycles. The van der Waals surface area contributed by atoms with Crippen LogP contribution >= 0.6 is 0 Å². The molecule has 55 heavy (non-hydrogen) atoms. The van der Waals surface area contributed by atoms with Gasteiger partial charge in [0.2, 0.25) is 0 Å². The van der Waals surface area contributed by atoms with Crippen LogP contribution in [0.15, 0.2) is 224 Å². The third-order valence-corrected chi connectivity index (χ3v) is 10.8. The molecule has 1 aromatic heterocycles. The predicted molar refractivity (Wildman–Crippen MR) is 233 cm³/mol. The summed E-state index contributed by atoms with van der Waals surface area (Å²) in [6.45, 7) is 0.